The molecule has 0 saturated carbocycles. The fourth-order valence-electron chi connectivity index (χ4n) is 2.67. The lowest BCUT2D eigenvalue weighted by atomic mass is 10.0. The van der Waals surface area contributed by atoms with Crippen LogP contribution in [0.2, 0.25) is 0 Å². The van der Waals surface area contributed by atoms with E-state index < -0.39 is 0 Å². The van der Waals surface area contributed by atoms with Gasteiger partial charge in [0.2, 0.25) is 5.91 Å². The first-order valence-electron chi connectivity index (χ1n) is 8.23. The molecule has 1 amide bonds. The van der Waals surface area contributed by atoms with Crippen molar-refractivity contribution >= 4 is 5.91 Å². The van der Waals surface area contributed by atoms with Crippen LogP contribution in [0.15, 0.2) is 48.5 Å². The fourth-order valence-corrected chi connectivity index (χ4v) is 2.67. The molecule has 0 aliphatic carbocycles. The summed E-state index contributed by atoms with van der Waals surface area (Å²) < 4.78 is 10.5. The molecule has 0 aliphatic heterocycles. The summed E-state index contributed by atoms with van der Waals surface area (Å²) in [6.07, 6.45) is 1.97. The van der Waals surface area contributed by atoms with E-state index in [0.29, 0.717) is 24.3 Å². The second-order valence-corrected chi connectivity index (χ2v) is 5.63. The van der Waals surface area contributed by atoms with E-state index >= 15 is 0 Å². The average molecular weight is 327 g/mol. The van der Waals surface area contributed by atoms with Crippen LogP contribution in [0.5, 0.6) is 11.5 Å². The largest absolute Gasteiger partial charge is 0.493 e. The monoisotopic (exact) mass is 327 g/mol. The van der Waals surface area contributed by atoms with E-state index in [9.17, 15) is 4.79 Å². The van der Waals surface area contributed by atoms with Gasteiger partial charge in [0.25, 0.3) is 0 Å². The first kappa shape index (κ1) is 17.9. The molecule has 1 N–H and O–H groups in total. The number of nitrogens with one attached hydrogen (secondary N) is 1. The summed E-state index contributed by atoms with van der Waals surface area (Å²) in [5.74, 6) is 1.44. The van der Waals surface area contributed by atoms with Gasteiger partial charge in [-0.15, -0.1) is 0 Å². The van der Waals surface area contributed by atoms with E-state index in [-0.39, 0.29) is 11.9 Å². The Hall–Kier alpha value is -2.49. The highest BCUT2D eigenvalue weighted by Crippen LogP contribution is 2.28. The highest BCUT2D eigenvalue weighted by atomic mass is 16.5. The standard InChI is InChI=1S/C20H25NO3/c1-4-17(16-8-6-5-7-9-16)21-20(22)13-11-15-10-12-18(23-2)19(14-15)24-3/h5-10,12,14,17H,4,11,13H2,1-3H3,(H,21,22)/t17-/m1/s1. The molecule has 0 aliphatic rings. The van der Waals surface area contributed by atoms with Crippen LogP contribution in [0.25, 0.3) is 0 Å². The van der Waals surface area contributed by atoms with Crippen LogP contribution in [0.3, 0.4) is 0 Å². The van der Waals surface area contributed by atoms with Gasteiger partial charge in [-0.3, -0.25) is 4.79 Å². The molecular weight excluding hydrogens is 302 g/mol. The van der Waals surface area contributed by atoms with Crippen LogP contribution >= 0.6 is 0 Å². The van der Waals surface area contributed by atoms with Crippen molar-refractivity contribution in [2.45, 2.75) is 32.2 Å². The Morgan fingerprint density at radius 1 is 1.04 bits per heavy atom. The summed E-state index contributed by atoms with van der Waals surface area (Å²) in [7, 11) is 3.22. The summed E-state index contributed by atoms with van der Waals surface area (Å²) in [5.41, 5.74) is 2.19. The quantitative estimate of drug-likeness (QED) is 0.800. The average Bonchev–Trinajstić information content (AvgIpc) is 2.64. The van der Waals surface area contributed by atoms with E-state index in [2.05, 4.69) is 12.2 Å². The third-order valence-corrected chi connectivity index (χ3v) is 4.03. The number of amides is 1. The minimum atomic E-state index is 0.0560. The molecule has 4 nitrogen and oxygen atoms in total. The first-order chi connectivity index (χ1) is 11.7. The first-order valence-corrected chi connectivity index (χ1v) is 8.23. The van der Waals surface area contributed by atoms with Gasteiger partial charge in [0.05, 0.1) is 20.3 Å². The van der Waals surface area contributed by atoms with Crippen LogP contribution in [-0.4, -0.2) is 20.1 Å². The Morgan fingerprint density at radius 3 is 2.38 bits per heavy atom. The van der Waals surface area contributed by atoms with Gasteiger partial charge in [-0.25, -0.2) is 0 Å². The lowest BCUT2D eigenvalue weighted by molar-refractivity contribution is -0.121. The Morgan fingerprint density at radius 2 is 1.75 bits per heavy atom. The lowest BCUT2D eigenvalue weighted by Crippen LogP contribution is -2.28. The fraction of sp³-hybridized carbons (Fsp3) is 0.350. The van der Waals surface area contributed by atoms with Gasteiger partial charge < -0.3 is 14.8 Å². The van der Waals surface area contributed by atoms with Crippen molar-refractivity contribution in [3.05, 3.63) is 59.7 Å². The maximum Gasteiger partial charge on any atom is 0.220 e. The number of methoxy groups -OCH3 is 2. The Bertz CT molecular complexity index is 655. The zero-order valence-corrected chi connectivity index (χ0v) is 14.5. The molecule has 0 bridgehead atoms. The van der Waals surface area contributed by atoms with E-state index in [4.69, 9.17) is 9.47 Å². The molecule has 0 spiro atoms. The summed E-state index contributed by atoms with van der Waals surface area (Å²) in [6, 6.07) is 15.9. The predicted molar refractivity (Wildman–Crippen MR) is 95.5 cm³/mol. The molecule has 0 unspecified atom stereocenters. The lowest BCUT2D eigenvalue weighted by Gasteiger charge is -2.17. The zero-order valence-electron chi connectivity index (χ0n) is 14.5. The molecule has 1 atom stereocenters. The maximum atomic E-state index is 12.3. The van der Waals surface area contributed by atoms with E-state index in [1.165, 1.54) is 0 Å². The van der Waals surface area contributed by atoms with Crippen molar-refractivity contribution in [1.29, 1.82) is 0 Å². The number of carbonyl (C=O) groups is 1. The van der Waals surface area contributed by atoms with Crippen molar-refractivity contribution in [2.24, 2.45) is 0 Å². The van der Waals surface area contributed by atoms with E-state index in [1.54, 1.807) is 14.2 Å². The second kappa shape index (κ2) is 8.96. The summed E-state index contributed by atoms with van der Waals surface area (Å²) in [5, 5.41) is 3.11. The normalized spacial score (nSPS) is 11.6. The number of rotatable bonds is 8. The molecule has 2 aromatic rings. The number of ether oxygens (including phenoxy) is 2. The van der Waals surface area contributed by atoms with Gasteiger partial charge in [0.1, 0.15) is 0 Å². The third-order valence-electron chi connectivity index (χ3n) is 4.03. The van der Waals surface area contributed by atoms with Crippen LogP contribution < -0.4 is 14.8 Å². The summed E-state index contributed by atoms with van der Waals surface area (Å²) in [4.78, 5) is 12.3. The third kappa shape index (κ3) is 4.75. The van der Waals surface area contributed by atoms with Gasteiger partial charge in [-0.1, -0.05) is 43.3 Å². The Labute approximate surface area is 143 Å². The summed E-state index contributed by atoms with van der Waals surface area (Å²) >= 11 is 0. The van der Waals surface area contributed by atoms with Gasteiger partial charge in [0.15, 0.2) is 11.5 Å². The van der Waals surface area contributed by atoms with Crippen LogP contribution in [0, 0.1) is 0 Å². The highest BCUT2D eigenvalue weighted by Gasteiger charge is 2.13. The van der Waals surface area contributed by atoms with Crippen molar-refractivity contribution in [3.8, 4) is 11.5 Å². The van der Waals surface area contributed by atoms with E-state index in [1.807, 2.05) is 48.5 Å². The Kier molecular flexibility index (Phi) is 6.67. The second-order valence-electron chi connectivity index (χ2n) is 5.63. The molecule has 24 heavy (non-hydrogen) atoms. The molecular formula is C20H25NO3. The molecule has 0 fully saturated rings. The molecule has 0 saturated heterocycles. The molecule has 0 radical (unpaired) electrons. The predicted octanol–water partition coefficient (Wildman–Crippen LogP) is 3.90. The number of carbonyl (C=O) groups excluding carboxylic acids is 1. The molecule has 0 heterocycles. The van der Waals surface area contributed by atoms with Crippen LogP contribution in [0.4, 0.5) is 0 Å². The van der Waals surface area contributed by atoms with Crippen LogP contribution in [0.1, 0.15) is 36.9 Å². The Balaban J connectivity index is 1.93. The van der Waals surface area contributed by atoms with Crippen molar-refractivity contribution in [2.75, 3.05) is 14.2 Å². The summed E-state index contributed by atoms with van der Waals surface area (Å²) in [6.45, 7) is 2.08. The molecule has 128 valence electrons. The molecule has 0 aromatic heterocycles. The van der Waals surface area contributed by atoms with Crippen molar-refractivity contribution in [1.82, 2.24) is 5.32 Å². The van der Waals surface area contributed by atoms with E-state index in [0.717, 1.165) is 17.5 Å². The molecule has 4 heteroatoms. The highest BCUT2D eigenvalue weighted by molar-refractivity contribution is 5.76. The van der Waals surface area contributed by atoms with Gasteiger partial charge >= 0.3 is 0 Å². The minimum absolute atomic E-state index is 0.0560. The molecule has 2 aromatic carbocycles. The SMILES string of the molecule is CC[C@@H](NC(=O)CCc1ccc(OC)c(OC)c1)c1ccccc1. The van der Waals surface area contributed by atoms with Crippen molar-refractivity contribution < 1.29 is 14.3 Å². The number of aryl methyl sites for hydroxylation is 1. The van der Waals surface area contributed by atoms with Gasteiger partial charge in [-0.05, 0) is 36.1 Å². The van der Waals surface area contributed by atoms with Gasteiger partial charge in [-0.2, -0.15) is 0 Å². The number of hydrogen-bond acceptors (Lipinski definition) is 3. The van der Waals surface area contributed by atoms with Crippen LogP contribution in [-0.2, 0) is 11.2 Å². The molecule has 2 rings (SSSR count). The van der Waals surface area contributed by atoms with Crippen molar-refractivity contribution in [3.63, 3.8) is 0 Å². The zero-order chi connectivity index (χ0) is 17.4. The maximum absolute atomic E-state index is 12.3. The van der Waals surface area contributed by atoms with Gasteiger partial charge in [0, 0.05) is 6.42 Å². The number of hydrogen-bond donors (Lipinski definition) is 1. The minimum Gasteiger partial charge on any atom is -0.493 e. The number of benzene rings is 2. The topological polar surface area (TPSA) is 47.6 Å². The smallest absolute Gasteiger partial charge is 0.220 e.